The van der Waals surface area contributed by atoms with Crippen molar-refractivity contribution in [3.8, 4) is 0 Å². The normalized spacial score (nSPS) is 9.27. The quantitative estimate of drug-likeness (QED) is 0.682. The first-order valence-corrected chi connectivity index (χ1v) is 3.27. The zero-order chi connectivity index (χ0) is 8.27. The van der Waals surface area contributed by atoms with Gasteiger partial charge in [-0.15, -0.1) is 0 Å². The number of carbonyl (C=O) groups excluding carboxylic acids is 1. The summed E-state index contributed by atoms with van der Waals surface area (Å²) in [7, 11) is 0. The second-order valence-electron chi connectivity index (χ2n) is 1.89. The maximum atomic E-state index is 12.5. The molecule has 0 unspecified atom stereocenters. The van der Waals surface area contributed by atoms with E-state index in [0.29, 0.717) is 11.4 Å². The lowest BCUT2D eigenvalue weighted by Crippen LogP contribution is -1.94. The highest BCUT2D eigenvalue weighted by Crippen LogP contribution is 2.21. The fourth-order valence-corrected chi connectivity index (χ4v) is 0.844. The average molecular weight is 174 g/mol. The number of hydrogen-bond donors (Lipinski definition) is 1. The van der Waals surface area contributed by atoms with E-state index in [0.717, 1.165) is 6.07 Å². The van der Waals surface area contributed by atoms with Crippen LogP contribution in [-0.2, 0) is 4.79 Å². The highest BCUT2D eigenvalue weighted by atomic mass is 35.5. The van der Waals surface area contributed by atoms with Crippen LogP contribution in [0.25, 0.3) is 0 Å². The van der Waals surface area contributed by atoms with E-state index >= 15 is 0 Å². The molecule has 0 aliphatic carbocycles. The lowest BCUT2D eigenvalue weighted by molar-refractivity contribution is -0.105. The van der Waals surface area contributed by atoms with Crippen molar-refractivity contribution in [1.29, 1.82) is 0 Å². The Balaban J connectivity index is 3.01. The molecule has 0 saturated carbocycles. The van der Waals surface area contributed by atoms with Gasteiger partial charge in [0.05, 0.1) is 10.7 Å². The number of benzene rings is 1. The standard InChI is InChI=1S/C7H5ClFNO/c8-6-2-1-5(9)3-7(6)10-4-11/h1-4H,(H,10,11). The second-order valence-corrected chi connectivity index (χ2v) is 2.29. The third-order valence-electron chi connectivity index (χ3n) is 1.14. The number of carbonyl (C=O) groups is 1. The average Bonchev–Trinajstić information content (AvgIpc) is 1.98. The number of rotatable bonds is 2. The molecule has 0 bridgehead atoms. The number of amides is 1. The topological polar surface area (TPSA) is 29.1 Å². The first-order chi connectivity index (χ1) is 5.24. The summed E-state index contributed by atoms with van der Waals surface area (Å²) in [5, 5.41) is 2.58. The van der Waals surface area contributed by atoms with Crippen molar-refractivity contribution in [1.82, 2.24) is 0 Å². The van der Waals surface area contributed by atoms with Crippen LogP contribution in [0.4, 0.5) is 10.1 Å². The third-order valence-corrected chi connectivity index (χ3v) is 1.47. The molecule has 0 atom stereocenters. The molecule has 0 aliphatic heterocycles. The first kappa shape index (κ1) is 8.01. The van der Waals surface area contributed by atoms with Crippen LogP contribution in [0, 0.1) is 5.82 Å². The zero-order valence-corrected chi connectivity index (χ0v) is 6.23. The van der Waals surface area contributed by atoms with Crippen LogP contribution >= 0.6 is 11.6 Å². The molecule has 0 spiro atoms. The van der Waals surface area contributed by atoms with Crippen molar-refractivity contribution in [3.05, 3.63) is 29.0 Å². The highest BCUT2D eigenvalue weighted by molar-refractivity contribution is 6.33. The Kier molecular flexibility index (Phi) is 2.44. The fraction of sp³-hybridized carbons (Fsp3) is 0. The van der Waals surface area contributed by atoms with E-state index in [9.17, 15) is 9.18 Å². The Bertz CT molecular complexity index is 277. The van der Waals surface area contributed by atoms with Gasteiger partial charge in [-0.2, -0.15) is 0 Å². The zero-order valence-electron chi connectivity index (χ0n) is 5.47. The Hall–Kier alpha value is -1.09. The van der Waals surface area contributed by atoms with Gasteiger partial charge in [0.1, 0.15) is 5.82 Å². The summed E-state index contributed by atoms with van der Waals surface area (Å²) in [5.74, 6) is -0.432. The van der Waals surface area contributed by atoms with Gasteiger partial charge >= 0.3 is 0 Å². The van der Waals surface area contributed by atoms with Gasteiger partial charge in [-0.3, -0.25) is 4.79 Å². The molecular formula is C7H5ClFNO. The van der Waals surface area contributed by atoms with Crippen LogP contribution in [0.3, 0.4) is 0 Å². The molecule has 0 saturated heterocycles. The molecule has 0 aromatic heterocycles. The van der Waals surface area contributed by atoms with E-state index in [1.165, 1.54) is 12.1 Å². The third kappa shape index (κ3) is 1.91. The van der Waals surface area contributed by atoms with E-state index in [2.05, 4.69) is 5.32 Å². The fourth-order valence-electron chi connectivity index (χ4n) is 0.672. The van der Waals surface area contributed by atoms with Crippen LogP contribution in [0.2, 0.25) is 5.02 Å². The van der Waals surface area contributed by atoms with Gasteiger partial charge in [-0.1, -0.05) is 11.6 Å². The summed E-state index contributed by atoms with van der Waals surface area (Å²) in [5.41, 5.74) is 0.279. The molecule has 0 radical (unpaired) electrons. The Morgan fingerprint density at radius 1 is 1.55 bits per heavy atom. The van der Waals surface area contributed by atoms with Gasteiger partial charge in [0.25, 0.3) is 0 Å². The molecule has 0 fully saturated rings. The maximum Gasteiger partial charge on any atom is 0.211 e. The maximum absolute atomic E-state index is 12.5. The summed E-state index contributed by atoms with van der Waals surface area (Å²) < 4.78 is 12.5. The molecule has 1 aromatic carbocycles. The van der Waals surface area contributed by atoms with Crippen molar-refractivity contribution in [2.75, 3.05) is 5.32 Å². The highest BCUT2D eigenvalue weighted by Gasteiger charge is 1.99. The second kappa shape index (κ2) is 3.34. The lowest BCUT2D eigenvalue weighted by atomic mass is 10.3. The summed E-state index contributed by atoms with van der Waals surface area (Å²) in [6, 6.07) is 3.75. The Labute approximate surface area is 68.0 Å². The predicted molar refractivity (Wildman–Crippen MR) is 41.1 cm³/mol. The van der Waals surface area contributed by atoms with E-state index in [1.54, 1.807) is 0 Å². The number of anilines is 1. The molecule has 2 nitrogen and oxygen atoms in total. The molecule has 1 amide bonds. The minimum atomic E-state index is -0.432. The van der Waals surface area contributed by atoms with Gasteiger partial charge in [-0.05, 0) is 18.2 Å². The van der Waals surface area contributed by atoms with Crippen molar-refractivity contribution >= 4 is 23.7 Å². The molecule has 0 heterocycles. The summed E-state index contributed by atoms with van der Waals surface area (Å²) in [6.07, 6.45) is 0.445. The molecule has 4 heteroatoms. The lowest BCUT2D eigenvalue weighted by Gasteiger charge is -2.00. The SMILES string of the molecule is O=CNc1cc(F)ccc1Cl. The van der Waals surface area contributed by atoms with E-state index in [4.69, 9.17) is 11.6 Å². The van der Waals surface area contributed by atoms with Crippen molar-refractivity contribution < 1.29 is 9.18 Å². The van der Waals surface area contributed by atoms with Crippen molar-refractivity contribution in [2.24, 2.45) is 0 Å². The van der Waals surface area contributed by atoms with Gasteiger partial charge < -0.3 is 5.32 Å². The van der Waals surface area contributed by atoms with Gasteiger partial charge in [0.2, 0.25) is 6.41 Å². The van der Waals surface area contributed by atoms with Crippen LogP contribution in [0.5, 0.6) is 0 Å². The largest absolute Gasteiger partial charge is 0.327 e. The first-order valence-electron chi connectivity index (χ1n) is 2.89. The van der Waals surface area contributed by atoms with Gasteiger partial charge in [0, 0.05) is 0 Å². The van der Waals surface area contributed by atoms with E-state index in [1.807, 2.05) is 0 Å². The molecule has 1 N–H and O–H groups in total. The minimum absolute atomic E-state index is 0.279. The van der Waals surface area contributed by atoms with Crippen LogP contribution in [0.15, 0.2) is 18.2 Å². The summed E-state index contributed by atoms with van der Waals surface area (Å²) >= 11 is 5.59. The van der Waals surface area contributed by atoms with E-state index < -0.39 is 5.82 Å². The molecule has 1 aromatic rings. The smallest absolute Gasteiger partial charge is 0.211 e. The summed E-state index contributed by atoms with van der Waals surface area (Å²) in [6.45, 7) is 0. The van der Waals surface area contributed by atoms with Gasteiger partial charge in [0.15, 0.2) is 0 Å². The minimum Gasteiger partial charge on any atom is -0.327 e. The van der Waals surface area contributed by atoms with Crippen LogP contribution in [-0.4, -0.2) is 6.41 Å². The van der Waals surface area contributed by atoms with Crippen LogP contribution in [0.1, 0.15) is 0 Å². The van der Waals surface area contributed by atoms with Gasteiger partial charge in [-0.25, -0.2) is 4.39 Å². The molecular weight excluding hydrogens is 169 g/mol. The Morgan fingerprint density at radius 2 is 2.27 bits per heavy atom. The van der Waals surface area contributed by atoms with Crippen molar-refractivity contribution in [2.45, 2.75) is 0 Å². The van der Waals surface area contributed by atoms with Crippen LogP contribution < -0.4 is 5.32 Å². The number of halogens is 2. The number of nitrogens with one attached hydrogen (secondary N) is 1. The van der Waals surface area contributed by atoms with Crippen molar-refractivity contribution in [3.63, 3.8) is 0 Å². The Morgan fingerprint density at radius 3 is 2.91 bits per heavy atom. The number of hydrogen-bond acceptors (Lipinski definition) is 1. The molecule has 1 rings (SSSR count). The molecule has 58 valence electrons. The summed E-state index contributed by atoms with van der Waals surface area (Å²) in [4.78, 5) is 9.95. The molecule has 0 aliphatic rings. The predicted octanol–water partition coefficient (Wildman–Crippen LogP) is 2.05. The molecule has 11 heavy (non-hydrogen) atoms. The van der Waals surface area contributed by atoms with E-state index in [-0.39, 0.29) is 5.69 Å². The monoisotopic (exact) mass is 173 g/mol.